The predicted octanol–water partition coefficient (Wildman–Crippen LogP) is 2.71. The number of aliphatic hydroxyl groups is 1. The van der Waals surface area contributed by atoms with Crippen molar-refractivity contribution in [2.75, 3.05) is 6.54 Å². The Morgan fingerprint density at radius 2 is 1.92 bits per heavy atom. The summed E-state index contributed by atoms with van der Waals surface area (Å²) in [5.41, 5.74) is -2.00. The second-order valence-corrected chi connectivity index (χ2v) is 6.34. The van der Waals surface area contributed by atoms with Crippen LogP contribution >= 0.6 is 0 Å². The van der Waals surface area contributed by atoms with Gasteiger partial charge in [0.2, 0.25) is 0 Å². The van der Waals surface area contributed by atoms with Crippen LogP contribution in [-0.4, -0.2) is 34.0 Å². The summed E-state index contributed by atoms with van der Waals surface area (Å²) in [7, 11) is 0. The Labute approximate surface area is 137 Å². The van der Waals surface area contributed by atoms with E-state index in [-0.39, 0.29) is 11.5 Å². The van der Waals surface area contributed by atoms with E-state index in [1.807, 2.05) is 0 Å². The van der Waals surface area contributed by atoms with Gasteiger partial charge in [-0.3, -0.25) is 9.69 Å². The first-order chi connectivity index (χ1) is 11.0. The molecule has 5 nitrogen and oxygen atoms in total. The summed E-state index contributed by atoms with van der Waals surface area (Å²) >= 11 is 0. The Balaban J connectivity index is 2.20. The van der Waals surface area contributed by atoms with Crippen LogP contribution < -0.4 is 5.32 Å². The molecule has 0 saturated carbocycles. The summed E-state index contributed by atoms with van der Waals surface area (Å²) in [6.45, 7) is 4.71. The standard InChI is InChI=1S/C16H19F3N2O3/c1-9(2)15(3)13(23)21(14(24)20-15)8-12(22)10-5-4-6-11(7-10)16(17,18)19/h4-7,9,12,22H,8H2,1-3H3,(H,20,24)/t12-,15+/m0/s1. The number of β-amino-alcohol motifs (C(OH)–C–C–N with tert-alkyl or cyclic N) is 1. The molecule has 2 N–H and O–H groups in total. The lowest BCUT2D eigenvalue weighted by molar-refractivity contribution is -0.138. The Hall–Kier alpha value is -2.09. The van der Waals surface area contributed by atoms with Crippen molar-refractivity contribution in [2.24, 2.45) is 5.92 Å². The van der Waals surface area contributed by atoms with Gasteiger partial charge in [0, 0.05) is 0 Å². The largest absolute Gasteiger partial charge is 0.416 e. The molecule has 0 bridgehead atoms. The van der Waals surface area contributed by atoms with E-state index in [0.29, 0.717) is 0 Å². The zero-order valence-electron chi connectivity index (χ0n) is 13.5. The molecule has 0 aliphatic carbocycles. The molecule has 0 radical (unpaired) electrons. The van der Waals surface area contributed by atoms with E-state index in [2.05, 4.69) is 5.32 Å². The number of hydrogen-bond donors (Lipinski definition) is 2. The molecule has 1 aliphatic heterocycles. The van der Waals surface area contributed by atoms with Crippen LogP contribution in [0.4, 0.5) is 18.0 Å². The van der Waals surface area contributed by atoms with Crippen LogP contribution in [0.5, 0.6) is 0 Å². The van der Waals surface area contributed by atoms with Gasteiger partial charge in [-0.25, -0.2) is 4.79 Å². The predicted molar refractivity (Wildman–Crippen MR) is 79.9 cm³/mol. The third-order valence-electron chi connectivity index (χ3n) is 4.41. The van der Waals surface area contributed by atoms with E-state index in [1.54, 1.807) is 20.8 Å². The molecule has 1 aliphatic rings. The summed E-state index contributed by atoms with van der Waals surface area (Å²) < 4.78 is 38.2. The highest BCUT2D eigenvalue weighted by molar-refractivity contribution is 6.07. The second-order valence-electron chi connectivity index (χ2n) is 6.34. The number of nitrogens with zero attached hydrogens (tertiary/aromatic N) is 1. The Morgan fingerprint density at radius 1 is 1.29 bits per heavy atom. The minimum atomic E-state index is -4.53. The molecule has 0 spiro atoms. The number of rotatable bonds is 4. The lowest BCUT2D eigenvalue weighted by Crippen LogP contribution is -2.48. The molecule has 132 valence electrons. The third kappa shape index (κ3) is 3.24. The third-order valence-corrected chi connectivity index (χ3v) is 4.41. The maximum absolute atomic E-state index is 12.7. The van der Waals surface area contributed by atoms with Gasteiger partial charge >= 0.3 is 12.2 Å². The van der Waals surface area contributed by atoms with Crippen molar-refractivity contribution < 1.29 is 27.9 Å². The molecule has 8 heteroatoms. The molecule has 1 aromatic rings. The number of halogens is 3. The lowest BCUT2D eigenvalue weighted by Gasteiger charge is -2.26. The van der Waals surface area contributed by atoms with E-state index in [9.17, 15) is 27.9 Å². The monoisotopic (exact) mass is 344 g/mol. The highest BCUT2D eigenvalue weighted by atomic mass is 19.4. The van der Waals surface area contributed by atoms with Crippen LogP contribution in [0.1, 0.15) is 38.0 Å². The molecule has 3 amide bonds. The van der Waals surface area contributed by atoms with Crippen molar-refractivity contribution >= 4 is 11.9 Å². The molecule has 1 fully saturated rings. The highest BCUT2D eigenvalue weighted by Gasteiger charge is 2.50. The van der Waals surface area contributed by atoms with Crippen molar-refractivity contribution in [1.29, 1.82) is 0 Å². The topological polar surface area (TPSA) is 69.6 Å². The van der Waals surface area contributed by atoms with Crippen molar-refractivity contribution in [3.8, 4) is 0 Å². The fraction of sp³-hybridized carbons (Fsp3) is 0.500. The minimum Gasteiger partial charge on any atom is -0.387 e. The van der Waals surface area contributed by atoms with Gasteiger partial charge in [-0.2, -0.15) is 13.2 Å². The number of benzene rings is 1. The first-order valence-electron chi connectivity index (χ1n) is 7.46. The quantitative estimate of drug-likeness (QED) is 0.825. The molecule has 0 unspecified atom stereocenters. The van der Waals surface area contributed by atoms with E-state index < -0.39 is 41.9 Å². The molecular formula is C16H19F3N2O3. The second kappa shape index (κ2) is 6.08. The summed E-state index contributed by atoms with van der Waals surface area (Å²) in [6, 6.07) is 3.53. The molecule has 2 atom stereocenters. The lowest BCUT2D eigenvalue weighted by atomic mass is 9.88. The summed E-state index contributed by atoms with van der Waals surface area (Å²) in [5, 5.41) is 12.7. The number of urea groups is 1. The number of carbonyl (C=O) groups excluding carboxylic acids is 2. The number of nitrogens with one attached hydrogen (secondary N) is 1. The number of imide groups is 1. The van der Waals surface area contributed by atoms with Crippen molar-refractivity contribution in [1.82, 2.24) is 10.2 Å². The van der Waals surface area contributed by atoms with Gasteiger partial charge in [0.15, 0.2) is 0 Å². The molecular weight excluding hydrogens is 325 g/mol. The maximum atomic E-state index is 12.7. The van der Waals surface area contributed by atoms with E-state index in [1.165, 1.54) is 12.1 Å². The smallest absolute Gasteiger partial charge is 0.387 e. The normalized spacial score (nSPS) is 22.9. The van der Waals surface area contributed by atoms with Crippen LogP contribution in [0.25, 0.3) is 0 Å². The highest BCUT2D eigenvalue weighted by Crippen LogP contribution is 2.32. The van der Waals surface area contributed by atoms with Gasteiger partial charge in [0.05, 0.1) is 18.2 Å². The van der Waals surface area contributed by atoms with E-state index in [0.717, 1.165) is 17.0 Å². The average Bonchev–Trinajstić information content (AvgIpc) is 2.71. The van der Waals surface area contributed by atoms with Crippen LogP contribution in [0, 0.1) is 5.92 Å². The average molecular weight is 344 g/mol. The molecule has 1 aromatic carbocycles. The van der Waals surface area contributed by atoms with Crippen molar-refractivity contribution in [3.63, 3.8) is 0 Å². The number of amides is 3. The minimum absolute atomic E-state index is 0.0106. The van der Waals surface area contributed by atoms with Gasteiger partial charge in [-0.15, -0.1) is 0 Å². The van der Waals surface area contributed by atoms with E-state index in [4.69, 9.17) is 0 Å². The van der Waals surface area contributed by atoms with Gasteiger partial charge in [0.25, 0.3) is 5.91 Å². The van der Waals surface area contributed by atoms with Crippen LogP contribution in [0.3, 0.4) is 0 Å². The summed E-state index contributed by atoms with van der Waals surface area (Å²) in [4.78, 5) is 25.3. The van der Waals surface area contributed by atoms with E-state index >= 15 is 0 Å². The number of carbonyl (C=O) groups is 2. The molecule has 0 aromatic heterocycles. The Morgan fingerprint density at radius 3 is 2.42 bits per heavy atom. The SMILES string of the molecule is CC(C)[C@@]1(C)NC(=O)N(C[C@H](O)c2cccc(C(F)(F)F)c2)C1=O. The molecule has 1 saturated heterocycles. The Kier molecular flexibility index (Phi) is 4.63. The first kappa shape index (κ1) is 18.3. The maximum Gasteiger partial charge on any atom is 0.416 e. The van der Waals surface area contributed by atoms with Crippen LogP contribution in [-0.2, 0) is 11.0 Å². The summed E-state index contributed by atoms with van der Waals surface area (Å²) in [5.74, 6) is -0.682. The number of alkyl halides is 3. The molecule has 1 heterocycles. The van der Waals surface area contributed by atoms with Gasteiger partial charge < -0.3 is 10.4 Å². The van der Waals surface area contributed by atoms with Crippen molar-refractivity contribution in [2.45, 2.75) is 38.6 Å². The summed E-state index contributed by atoms with van der Waals surface area (Å²) in [6.07, 6.45) is -5.94. The van der Waals surface area contributed by atoms with Crippen molar-refractivity contribution in [3.05, 3.63) is 35.4 Å². The fourth-order valence-electron chi connectivity index (χ4n) is 2.47. The number of hydrogen-bond acceptors (Lipinski definition) is 3. The van der Waals surface area contributed by atoms with Gasteiger partial charge in [-0.1, -0.05) is 26.0 Å². The van der Waals surface area contributed by atoms with Gasteiger partial charge in [0.1, 0.15) is 5.54 Å². The van der Waals surface area contributed by atoms with Gasteiger partial charge in [-0.05, 0) is 30.5 Å². The zero-order valence-corrected chi connectivity index (χ0v) is 13.5. The van der Waals surface area contributed by atoms with Crippen LogP contribution in [0.2, 0.25) is 0 Å². The molecule has 2 rings (SSSR count). The Bertz CT molecular complexity index is 660. The fourth-order valence-corrected chi connectivity index (χ4v) is 2.47. The van der Waals surface area contributed by atoms with Crippen LogP contribution in [0.15, 0.2) is 24.3 Å². The number of aliphatic hydroxyl groups excluding tert-OH is 1. The zero-order chi connectivity index (χ0) is 18.3. The molecule has 24 heavy (non-hydrogen) atoms. The first-order valence-corrected chi connectivity index (χ1v) is 7.46.